The number of carbonyl (C=O) groups excluding carboxylic acids is 1. The quantitative estimate of drug-likeness (QED) is 0.633. The Hall–Kier alpha value is -2.53. The molecule has 0 amide bonds. The average Bonchev–Trinajstić information content (AvgIpc) is 2.62. The van der Waals surface area contributed by atoms with Gasteiger partial charge >= 0.3 is 0 Å². The molecule has 1 heterocycles. The first-order chi connectivity index (χ1) is 11.6. The number of benzene rings is 2. The first-order valence-corrected chi connectivity index (χ1v) is 7.74. The second-order valence-electron chi connectivity index (χ2n) is 5.48. The predicted octanol–water partition coefficient (Wildman–Crippen LogP) is 3.70. The van der Waals surface area contributed by atoms with Crippen molar-refractivity contribution in [2.75, 3.05) is 31.2 Å². The normalized spacial score (nSPS) is 15.0. The van der Waals surface area contributed by atoms with E-state index < -0.39 is 11.6 Å². The summed E-state index contributed by atoms with van der Waals surface area (Å²) in [5.41, 5.74) is 1.29. The van der Waals surface area contributed by atoms with Gasteiger partial charge in [-0.2, -0.15) is 0 Å². The SMILES string of the molecule is O=C(/C=C\c1c(F)cccc1F)c1ccc(N2CCOCC2)cc1. The molecule has 0 N–H and O–H groups in total. The molecule has 5 heteroatoms. The Kier molecular flexibility index (Phi) is 5.01. The minimum absolute atomic E-state index is 0.212. The molecule has 2 aromatic rings. The molecule has 3 nitrogen and oxygen atoms in total. The minimum Gasteiger partial charge on any atom is -0.378 e. The Labute approximate surface area is 139 Å². The van der Waals surface area contributed by atoms with E-state index in [1.807, 2.05) is 12.1 Å². The smallest absolute Gasteiger partial charge is 0.185 e. The maximum Gasteiger partial charge on any atom is 0.185 e. The van der Waals surface area contributed by atoms with Crippen molar-refractivity contribution in [3.63, 3.8) is 0 Å². The third-order valence-corrected chi connectivity index (χ3v) is 3.93. The minimum atomic E-state index is -0.693. The zero-order chi connectivity index (χ0) is 16.9. The van der Waals surface area contributed by atoms with Gasteiger partial charge in [0.2, 0.25) is 0 Å². The van der Waals surface area contributed by atoms with Crippen LogP contribution in [0.4, 0.5) is 14.5 Å². The van der Waals surface area contributed by atoms with Crippen LogP contribution < -0.4 is 4.90 Å². The van der Waals surface area contributed by atoms with Crippen molar-refractivity contribution < 1.29 is 18.3 Å². The number of morpholine rings is 1. The summed E-state index contributed by atoms with van der Waals surface area (Å²) in [5.74, 6) is -1.69. The molecular formula is C19H17F2NO2. The lowest BCUT2D eigenvalue weighted by molar-refractivity contribution is 0.104. The monoisotopic (exact) mass is 329 g/mol. The molecule has 0 bridgehead atoms. The summed E-state index contributed by atoms with van der Waals surface area (Å²) >= 11 is 0. The fourth-order valence-corrected chi connectivity index (χ4v) is 2.58. The highest BCUT2D eigenvalue weighted by Crippen LogP contribution is 2.18. The van der Waals surface area contributed by atoms with E-state index in [9.17, 15) is 13.6 Å². The number of nitrogens with zero attached hydrogens (tertiary/aromatic N) is 1. The summed E-state index contributed by atoms with van der Waals surface area (Å²) in [6.45, 7) is 3.02. The predicted molar refractivity (Wildman–Crippen MR) is 89.2 cm³/mol. The van der Waals surface area contributed by atoms with Crippen molar-refractivity contribution in [2.24, 2.45) is 0 Å². The van der Waals surface area contributed by atoms with Gasteiger partial charge in [0.05, 0.1) is 13.2 Å². The van der Waals surface area contributed by atoms with Crippen molar-refractivity contribution in [1.29, 1.82) is 0 Å². The zero-order valence-corrected chi connectivity index (χ0v) is 13.0. The summed E-state index contributed by atoms with van der Waals surface area (Å²) in [5, 5.41) is 0. The number of hydrogen-bond acceptors (Lipinski definition) is 3. The van der Waals surface area contributed by atoms with Crippen LogP contribution >= 0.6 is 0 Å². The van der Waals surface area contributed by atoms with E-state index in [0.29, 0.717) is 18.8 Å². The van der Waals surface area contributed by atoms with E-state index in [1.54, 1.807) is 12.1 Å². The Morgan fingerprint density at radius 2 is 1.62 bits per heavy atom. The summed E-state index contributed by atoms with van der Waals surface area (Å²) in [6, 6.07) is 10.8. The maximum atomic E-state index is 13.5. The molecular weight excluding hydrogens is 312 g/mol. The summed E-state index contributed by atoms with van der Waals surface area (Å²) in [7, 11) is 0. The van der Waals surface area contributed by atoms with Gasteiger partial charge in [-0.05, 0) is 48.6 Å². The maximum absolute atomic E-state index is 13.5. The highest BCUT2D eigenvalue weighted by Gasteiger charge is 2.12. The van der Waals surface area contributed by atoms with Gasteiger partial charge in [-0.25, -0.2) is 8.78 Å². The van der Waals surface area contributed by atoms with Crippen molar-refractivity contribution >= 4 is 17.5 Å². The van der Waals surface area contributed by atoms with E-state index in [0.717, 1.165) is 30.9 Å². The van der Waals surface area contributed by atoms with Crippen LogP contribution in [0.1, 0.15) is 15.9 Å². The van der Waals surface area contributed by atoms with E-state index >= 15 is 0 Å². The first kappa shape index (κ1) is 16.3. The molecule has 2 aromatic carbocycles. The lowest BCUT2D eigenvalue weighted by Crippen LogP contribution is -2.36. The van der Waals surface area contributed by atoms with Crippen LogP contribution in [0.5, 0.6) is 0 Å². The van der Waals surface area contributed by atoms with Gasteiger partial charge in [-0.1, -0.05) is 6.07 Å². The van der Waals surface area contributed by atoms with Gasteiger partial charge in [-0.15, -0.1) is 0 Å². The topological polar surface area (TPSA) is 29.5 Å². The molecule has 0 spiro atoms. The van der Waals surface area contributed by atoms with Crippen LogP contribution in [0.15, 0.2) is 48.5 Å². The number of rotatable bonds is 4. The van der Waals surface area contributed by atoms with Crippen LogP contribution in [0.3, 0.4) is 0 Å². The molecule has 1 aliphatic heterocycles. The highest BCUT2D eigenvalue weighted by atomic mass is 19.1. The zero-order valence-electron chi connectivity index (χ0n) is 13.0. The van der Waals surface area contributed by atoms with E-state index in [1.165, 1.54) is 18.2 Å². The van der Waals surface area contributed by atoms with E-state index in [-0.39, 0.29) is 11.3 Å². The number of ketones is 1. The van der Waals surface area contributed by atoms with E-state index in [2.05, 4.69) is 4.90 Å². The molecule has 0 radical (unpaired) electrons. The summed E-state index contributed by atoms with van der Waals surface area (Å²) in [4.78, 5) is 14.3. The lowest BCUT2D eigenvalue weighted by Gasteiger charge is -2.28. The van der Waals surface area contributed by atoms with Gasteiger partial charge in [-0.3, -0.25) is 4.79 Å². The molecule has 0 aromatic heterocycles. The fraction of sp³-hybridized carbons (Fsp3) is 0.211. The molecule has 0 atom stereocenters. The number of hydrogen-bond donors (Lipinski definition) is 0. The molecule has 1 fully saturated rings. The number of carbonyl (C=O) groups is 1. The third-order valence-electron chi connectivity index (χ3n) is 3.93. The highest BCUT2D eigenvalue weighted by molar-refractivity contribution is 6.07. The van der Waals surface area contributed by atoms with Gasteiger partial charge in [0.25, 0.3) is 0 Å². The Balaban J connectivity index is 1.72. The van der Waals surface area contributed by atoms with Gasteiger partial charge in [0.1, 0.15) is 11.6 Å². The average molecular weight is 329 g/mol. The molecule has 0 unspecified atom stereocenters. The largest absolute Gasteiger partial charge is 0.378 e. The number of anilines is 1. The van der Waals surface area contributed by atoms with Crippen molar-refractivity contribution in [3.8, 4) is 0 Å². The summed E-state index contributed by atoms with van der Waals surface area (Å²) in [6.07, 6.45) is 2.36. The number of allylic oxidation sites excluding steroid dienone is 1. The Morgan fingerprint density at radius 3 is 2.25 bits per heavy atom. The van der Waals surface area contributed by atoms with Gasteiger partial charge < -0.3 is 9.64 Å². The molecule has 0 saturated carbocycles. The van der Waals surface area contributed by atoms with Crippen molar-refractivity contribution in [2.45, 2.75) is 0 Å². The summed E-state index contributed by atoms with van der Waals surface area (Å²) < 4.78 is 32.4. The molecule has 1 saturated heterocycles. The van der Waals surface area contributed by atoms with Crippen molar-refractivity contribution in [3.05, 3.63) is 71.3 Å². The van der Waals surface area contributed by atoms with Crippen LogP contribution in [-0.4, -0.2) is 32.1 Å². The van der Waals surface area contributed by atoms with Crippen LogP contribution in [0.25, 0.3) is 6.08 Å². The fourth-order valence-electron chi connectivity index (χ4n) is 2.58. The second-order valence-corrected chi connectivity index (χ2v) is 5.48. The molecule has 3 rings (SSSR count). The second kappa shape index (κ2) is 7.36. The Morgan fingerprint density at radius 1 is 1.00 bits per heavy atom. The molecule has 124 valence electrons. The Bertz CT molecular complexity index is 730. The molecule has 1 aliphatic rings. The van der Waals surface area contributed by atoms with Crippen molar-refractivity contribution in [1.82, 2.24) is 0 Å². The number of ether oxygens (including phenoxy) is 1. The van der Waals surface area contributed by atoms with Crippen LogP contribution in [-0.2, 0) is 4.74 Å². The van der Waals surface area contributed by atoms with Crippen LogP contribution in [0.2, 0.25) is 0 Å². The third kappa shape index (κ3) is 3.68. The van der Waals surface area contributed by atoms with Crippen LogP contribution in [0, 0.1) is 11.6 Å². The molecule has 0 aliphatic carbocycles. The van der Waals surface area contributed by atoms with E-state index in [4.69, 9.17) is 4.74 Å². The van der Waals surface area contributed by atoms with Gasteiger partial charge in [0, 0.05) is 29.9 Å². The standard InChI is InChI=1S/C19H17F2NO2/c20-17-2-1-3-18(21)16(17)8-9-19(23)14-4-6-15(7-5-14)22-10-12-24-13-11-22/h1-9H,10-13H2/b9-8-. The molecule has 24 heavy (non-hydrogen) atoms. The lowest BCUT2D eigenvalue weighted by atomic mass is 10.1. The van der Waals surface area contributed by atoms with Gasteiger partial charge in [0.15, 0.2) is 5.78 Å². The number of halogens is 2. The first-order valence-electron chi connectivity index (χ1n) is 7.74.